The summed E-state index contributed by atoms with van der Waals surface area (Å²) in [7, 11) is 0. The van der Waals surface area contributed by atoms with Crippen molar-refractivity contribution >= 4 is 23.2 Å². The summed E-state index contributed by atoms with van der Waals surface area (Å²) in [6, 6.07) is 16.6. The van der Waals surface area contributed by atoms with Crippen LogP contribution in [0.1, 0.15) is 56.7 Å². The van der Waals surface area contributed by atoms with E-state index in [4.69, 9.17) is 27.9 Å². The standard InChI is InChI=1S/C27H33Cl2NO/c1-6-14-27(5)16-24(21-8-7-9-23(29)15-21)26(20-10-12-22(28)13-11-20)30-25(18(2)3)17-31-19(27)4/h6-13,15,18,24-26,30H,1,4,14,16-17H2,2-3,5H3/t24?,25?,26-,27+/m1/s1. The highest BCUT2D eigenvalue weighted by atomic mass is 35.5. The lowest BCUT2D eigenvalue weighted by Crippen LogP contribution is -2.41. The fourth-order valence-electron chi connectivity index (χ4n) is 4.42. The molecule has 1 aliphatic rings. The quantitative estimate of drug-likeness (QED) is 0.459. The van der Waals surface area contributed by atoms with Gasteiger partial charge in [-0.3, -0.25) is 0 Å². The molecule has 0 aliphatic carbocycles. The van der Waals surface area contributed by atoms with Gasteiger partial charge in [0, 0.05) is 33.5 Å². The number of nitrogens with one attached hydrogen (secondary N) is 1. The lowest BCUT2D eigenvalue weighted by molar-refractivity contribution is 0.110. The molecule has 0 spiro atoms. The molecule has 0 aromatic heterocycles. The number of halogens is 2. The molecule has 1 saturated heterocycles. The molecule has 1 fully saturated rings. The molecule has 2 aromatic rings. The first-order chi connectivity index (χ1) is 14.7. The Balaban J connectivity index is 2.17. The molecule has 4 heteroatoms. The maximum atomic E-state index is 6.43. The molecule has 0 amide bonds. The number of hydrogen-bond acceptors (Lipinski definition) is 2. The lowest BCUT2D eigenvalue weighted by Gasteiger charge is -2.37. The molecule has 3 rings (SSSR count). The van der Waals surface area contributed by atoms with E-state index in [1.54, 1.807) is 0 Å². The Labute approximate surface area is 197 Å². The van der Waals surface area contributed by atoms with Crippen LogP contribution in [0, 0.1) is 11.3 Å². The van der Waals surface area contributed by atoms with E-state index in [9.17, 15) is 0 Å². The van der Waals surface area contributed by atoms with Crippen molar-refractivity contribution in [1.29, 1.82) is 0 Å². The van der Waals surface area contributed by atoms with E-state index in [0.717, 1.165) is 28.6 Å². The van der Waals surface area contributed by atoms with Crippen LogP contribution in [-0.4, -0.2) is 12.6 Å². The number of benzene rings is 2. The van der Waals surface area contributed by atoms with Crippen LogP contribution in [0.25, 0.3) is 0 Å². The van der Waals surface area contributed by atoms with Crippen molar-refractivity contribution in [1.82, 2.24) is 5.32 Å². The van der Waals surface area contributed by atoms with Crippen LogP contribution in [-0.2, 0) is 4.74 Å². The van der Waals surface area contributed by atoms with E-state index in [0.29, 0.717) is 12.5 Å². The minimum Gasteiger partial charge on any atom is -0.496 e. The second kappa shape index (κ2) is 10.3. The smallest absolute Gasteiger partial charge is 0.103 e. The van der Waals surface area contributed by atoms with Crippen LogP contribution in [0.15, 0.2) is 73.5 Å². The summed E-state index contributed by atoms with van der Waals surface area (Å²) in [6.07, 6.45) is 3.61. The molecule has 31 heavy (non-hydrogen) atoms. The fraction of sp³-hybridized carbons (Fsp3) is 0.407. The van der Waals surface area contributed by atoms with Crippen LogP contribution in [0.4, 0.5) is 0 Å². The molecule has 0 saturated carbocycles. The maximum absolute atomic E-state index is 6.43. The zero-order valence-electron chi connectivity index (χ0n) is 18.7. The van der Waals surface area contributed by atoms with Gasteiger partial charge in [-0.1, -0.05) is 80.9 Å². The Hall–Kier alpha value is -1.74. The maximum Gasteiger partial charge on any atom is 0.103 e. The number of ether oxygens (including phenoxy) is 1. The minimum absolute atomic E-state index is 0.0711. The van der Waals surface area contributed by atoms with Gasteiger partial charge in [0.05, 0.1) is 5.76 Å². The van der Waals surface area contributed by atoms with Crippen molar-refractivity contribution in [3.63, 3.8) is 0 Å². The average Bonchev–Trinajstić information content (AvgIpc) is 2.78. The molecular weight excluding hydrogens is 425 g/mol. The summed E-state index contributed by atoms with van der Waals surface area (Å²) in [6.45, 7) is 15.6. The molecule has 2 aromatic carbocycles. The molecule has 0 bridgehead atoms. The molecule has 2 unspecified atom stereocenters. The van der Waals surface area contributed by atoms with Crippen LogP contribution < -0.4 is 5.32 Å². The van der Waals surface area contributed by atoms with Crippen molar-refractivity contribution in [2.45, 2.75) is 51.6 Å². The van der Waals surface area contributed by atoms with Gasteiger partial charge in [-0.2, -0.15) is 0 Å². The van der Waals surface area contributed by atoms with Gasteiger partial charge < -0.3 is 10.1 Å². The zero-order valence-corrected chi connectivity index (χ0v) is 20.2. The van der Waals surface area contributed by atoms with Crippen molar-refractivity contribution in [3.8, 4) is 0 Å². The third kappa shape index (κ3) is 5.74. The van der Waals surface area contributed by atoms with Crippen LogP contribution in [0.5, 0.6) is 0 Å². The second-order valence-corrected chi connectivity index (χ2v) is 10.1. The van der Waals surface area contributed by atoms with E-state index < -0.39 is 0 Å². The van der Waals surface area contributed by atoms with Gasteiger partial charge in [0.1, 0.15) is 6.61 Å². The molecule has 4 atom stereocenters. The van der Waals surface area contributed by atoms with E-state index in [1.165, 1.54) is 11.1 Å². The molecule has 1 aliphatic heterocycles. The monoisotopic (exact) mass is 457 g/mol. The topological polar surface area (TPSA) is 21.3 Å². The van der Waals surface area contributed by atoms with Gasteiger partial charge in [0.25, 0.3) is 0 Å². The summed E-state index contributed by atoms with van der Waals surface area (Å²) in [5.41, 5.74) is 2.16. The third-order valence-corrected chi connectivity index (χ3v) is 6.97. The first-order valence-electron chi connectivity index (χ1n) is 10.9. The Morgan fingerprint density at radius 3 is 2.45 bits per heavy atom. The molecule has 0 radical (unpaired) electrons. The fourth-order valence-corrected chi connectivity index (χ4v) is 4.75. The van der Waals surface area contributed by atoms with Gasteiger partial charge in [-0.15, -0.1) is 6.58 Å². The first kappa shape index (κ1) is 23.9. The van der Waals surface area contributed by atoms with Gasteiger partial charge in [-0.25, -0.2) is 0 Å². The van der Waals surface area contributed by atoms with Crippen molar-refractivity contribution < 1.29 is 4.74 Å². The normalized spacial score (nSPS) is 27.2. The third-order valence-electron chi connectivity index (χ3n) is 6.48. The second-order valence-electron chi connectivity index (χ2n) is 9.20. The summed E-state index contributed by atoms with van der Waals surface area (Å²) in [4.78, 5) is 0. The Morgan fingerprint density at radius 1 is 1.13 bits per heavy atom. The summed E-state index contributed by atoms with van der Waals surface area (Å²) in [5.74, 6) is 1.37. The molecule has 166 valence electrons. The van der Waals surface area contributed by atoms with Gasteiger partial charge in [0.2, 0.25) is 0 Å². The van der Waals surface area contributed by atoms with E-state index in [1.807, 2.05) is 30.3 Å². The van der Waals surface area contributed by atoms with Gasteiger partial charge in [0.15, 0.2) is 0 Å². The van der Waals surface area contributed by atoms with E-state index >= 15 is 0 Å². The number of allylic oxidation sites excluding steroid dienone is 2. The number of hydrogen-bond donors (Lipinski definition) is 1. The molecular formula is C27H33Cl2NO. The zero-order chi connectivity index (χ0) is 22.6. The van der Waals surface area contributed by atoms with Crippen LogP contribution in [0.2, 0.25) is 10.0 Å². The highest BCUT2D eigenvalue weighted by Gasteiger charge is 2.39. The Morgan fingerprint density at radius 2 is 1.84 bits per heavy atom. The van der Waals surface area contributed by atoms with Crippen LogP contribution in [0.3, 0.4) is 0 Å². The van der Waals surface area contributed by atoms with Gasteiger partial charge >= 0.3 is 0 Å². The predicted octanol–water partition coefficient (Wildman–Crippen LogP) is 7.95. The average molecular weight is 458 g/mol. The largest absolute Gasteiger partial charge is 0.496 e. The lowest BCUT2D eigenvalue weighted by atomic mass is 9.71. The van der Waals surface area contributed by atoms with Crippen molar-refractivity contribution in [3.05, 3.63) is 94.7 Å². The SMILES string of the molecule is C=CC[C@@]1(C)CC(c2cccc(Cl)c2)[C@@H](c2ccc(Cl)cc2)NC(C(C)C)COC1=C. The molecule has 1 N–H and O–H groups in total. The summed E-state index contributed by atoms with van der Waals surface area (Å²) >= 11 is 12.6. The minimum atomic E-state index is -0.243. The molecule has 1 heterocycles. The van der Waals surface area contributed by atoms with Gasteiger partial charge in [-0.05, 0) is 54.2 Å². The van der Waals surface area contributed by atoms with E-state index in [-0.39, 0.29) is 23.4 Å². The predicted molar refractivity (Wildman–Crippen MR) is 133 cm³/mol. The Kier molecular flexibility index (Phi) is 7.91. The molecule has 2 nitrogen and oxygen atoms in total. The first-order valence-corrected chi connectivity index (χ1v) is 11.7. The number of rotatable bonds is 5. The van der Waals surface area contributed by atoms with Crippen LogP contribution >= 0.6 is 23.2 Å². The highest BCUT2D eigenvalue weighted by molar-refractivity contribution is 6.30. The summed E-state index contributed by atoms with van der Waals surface area (Å²) < 4.78 is 6.26. The van der Waals surface area contributed by atoms with Crippen molar-refractivity contribution in [2.24, 2.45) is 11.3 Å². The Bertz CT molecular complexity index is 908. The van der Waals surface area contributed by atoms with Crippen molar-refractivity contribution in [2.75, 3.05) is 6.61 Å². The summed E-state index contributed by atoms with van der Waals surface area (Å²) in [5, 5.41) is 5.40. The van der Waals surface area contributed by atoms with E-state index in [2.05, 4.69) is 63.5 Å². The highest BCUT2D eigenvalue weighted by Crippen LogP contribution is 2.47.